The highest BCUT2D eigenvalue weighted by atomic mass is 35.5. The van der Waals surface area contributed by atoms with Gasteiger partial charge in [-0.15, -0.1) is 0 Å². The fourth-order valence-electron chi connectivity index (χ4n) is 4.00. The number of benzene rings is 2. The molecule has 0 saturated carbocycles. The average Bonchev–Trinajstić information content (AvgIpc) is 3.34. The molecule has 0 amide bonds. The van der Waals surface area contributed by atoms with E-state index in [2.05, 4.69) is 22.1 Å². The summed E-state index contributed by atoms with van der Waals surface area (Å²) in [6.07, 6.45) is 6.02. The van der Waals surface area contributed by atoms with E-state index in [0.717, 1.165) is 43.9 Å². The fraction of sp³-hybridized carbons (Fsp3) is 0.423. The monoisotopic (exact) mass is 469 g/mol. The molecule has 2 heterocycles. The van der Waals surface area contributed by atoms with Crippen LogP contribution in [0.4, 0.5) is 0 Å². The van der Waals surface area contributed by atoms with Crippen LogP contribution < -0.4 is 9.47 Å². The number of aromatic nitrogens is 2. The Hall–Kier alpha value is -2.54. The predicted octanol–water partition coefficient (Wildman–Crippen LogP) is 4.72. The Bertz CT molecular complexity index is 1000. The molecule has 1 aliphatic rings. The van der Waals surface area contributed by atoms with E-state index >= 15 is 0 Å². The lowest BCUT2D eigenvalue weighted by Crippen LogP contribution is -2.47. The third kappa shape index (κ3) is 6.97. The molecular weight excluding hydrogens is 438 g/mol. The van der Waals surface area contributed by atoms with Crippen molar-refractivity contribution in [1.82, 2.24) is 14.7 Å². The largest absolute Gasteiger partial charge is 0.494 e. The molecule has 1 saturated heterocycles. The Kier molecular flexibility index (Phi) is 7.91. The van der Waals surface area contributed by atoms with Gasteiger partial charge in [-0.25, -0.2) is 0 Å². The van der Waals surface area contributed by atoms with Crippen LogP contribution in [0.2, 0.25) is 5.02 Å². The first-order valence-corrected chi connectivity index (χ1v) is 11.9. The second-order valence-corrected chi connectivity index (χ2v) is 9.25. The lowest BCUT2D eigenvalue weighted by Gasteiger charge is -2.38. The zero-order valence-corrected chi connectivity index (χ0v) is 19.9. The standard InChI is InChI=1S/C26H32ClN3O3/c1-21-4-9-24(27)25(18-21)33-20-26(31)10-15-29(16-11-26)19-22-5-7-23(8-6-22)32-17-3-14-30-13-2-12-28-30/h2,4-9,12-13,18,31H,3,10-11,14-17,19-20H2,1H3. The number of aryl methyl sites for hydroxylation is 2. The minimum atomic E-state index is -0.822. The first kappa shape index (κ1) is 23.6. The van der Waals surface area contributed by atoms with Gasteiger partial charge in [-0.2, -0.15) is 5.10 Å². The summed E-state index contributed by atoms with van der Waals surface area (Å²) in [5.41, 5.74) is 1.51. The van der Waals surface area contributed by atoms with Gasteiger partial charge in [0.2, 0.25) is 0 Å². The highest BCUT2D eigenvalue weighted by Crippen LogP contribution is 2.29. The van der Waals surface area contributed by atoms with Crippen LogP contribution in [0.5, 0.6) is 11.5 Å². The molecule has 0 radical (unpaired) electrons. The number of ether oxygens (including phenoxy) is 2. The summed E-state index contributed by atoms with van der Waals surface area (Å²) in [5.74, 6) is 1.52. The lowest BCUT2D eigenvalue weighted by molar-refractivity contribution is -0.0537. The van der Waals surface area contributed by atoms with Crippen LogP contribution in [0.1, 0.15) is 30.4 Å². The van der Waals surface area contributed by atoms with Gasteiger partial charge in [-0.05, 0) is 61.2 Å². The summed E-state index contributed by atoms with van der Waals surface area (Å²) >= 11 is 6.21. The molecule has 33 heavy (non-hydrogen) atoms. The van der Waals surface area contributed by atoms with E-state index in [1.165, 1.54) is 5.56 Å². The number of rotatable bonds is 10. The van der Waals surface area contributed by atoms with Gasteiger partial charge < -0.3 is 14.6 Å². The van der Waals surface area contributed by atoms with Crippen LogP contribution in [-0.2, 0) is 13.1 Å². The molecule has 1 aromatic heterocycles. The van der Waals surface area contributed by atoms with Crippen molar-refractivity contribution in [2.45, 2.75) is 44.9 Å². The molecule has 0 unspecified atom stereocenters. The van der Waals surface area contributed by atoms with E-state index in [-0.39, 0.29) is 6.61 Å². The Morgan fingerprint density at radius 3 is 2.61 bits per heavy atom. The Morgan fingerprint density at radius 2 is 1.88 bits per heavy atom. The minimum absolute atomic E-state index is 0.260. The summed E-state index contributed by atoms with van der Waals surface area (Å²) in [5, 5.41) is 15.7. The fourth-order valence-corrected chi connectivity index (χ4v) is 4.18. The topological polar surface area (TPSA) is 59.8 Å². The highest BCUT2D eigenvalue weighted by molar-refractivity contribution is 6.32. The lowest BCUT2D eigenvalue weighted by atomic mass is 9.92. The van der Waals surface area contributed by atoms with Crippen molar-refractivity contribution >= 4 is 11.6 Å². The van der Waals surface area contributed by atoms with Crippen molar-refractivity contribution in [3.05, 3.63) is 77.1 Å². The van der Waals surface area contributed by atoms with Crippen LogP contribution in [0.15, 0.2) is 60.9 Å². The number of hydrogen-bond donors (Lipinski definition) is 1. The van der Waals surface area contributed by atoms with E-state index in [0.29, 0.717) is 30.2 Å². The van der Waals surface area contributed by atoms with Crippen LogP contribution in [0.3, 0.4) is 0 Å². The Labute approximate surface area is 200 Å². The average molecular weight is 470 g/mol. The van der Waals surface area contributed by atoms with Gasteiger partial charge in [0.05, 0.1) is 11.6 Å². The maximum Gasteiger partial charge on any atom is 0.138 e. The van der Waals surface area contributed by atoms with Crippen LogP contribution in [0.25, 0.3) is 0 Å². The van der Waals surface area contributed by atoms with E-state index in [1.54, 1.807) is 6.20 Å². The molecule has 1 aliphatic heterocycles. The Morgan fingerprint density at radius 1 is 1.09 bits per heavy atom. The van der Waals surface area contributed by atoms with Gasteiger partial charge in [0, 0.05) is 45.0 Å². The molecular formula is C26H32ClN3O3. The highest BCUT2D eigenvalue weighted by Gasteiger charge is 2.33. The van der Waals surface area contributed by atoms with Crippen LogP contribution in [0, 0.1) is 6.92 Å². The smallest absolute Gasteiger partial charge is 0.138 e. The summed E-state index contributed by atoms with van der Waals surface area (Å²) in [4.78, 5) is 2.37. The molecule has 7 heteroatoms. The maximum absolute atomic E-state index is 11.0. The van der Waals surface area contributed by atoms with Crippen molar-refractivity contribution < 1.29 is 14.6 Å². The quantitative estimate of drug-likeness (QED) is 0.435. The first-order chi connectivity index (χ1) is 16.0. The molecule has 4 rings (SSSR count). The van der Waals surface area contributed by atoms with Crippen molar-refractivity contribution in [3.63, 3.8) is 0 Å². The van der Waals surface area contributed by atoms with Crippen LogP contribution >= 0.6 is 11.6 Å². The predicted molar refractivity (Wildman–Crippen MR) is 130 cm³/mol. The van der Waals surface area contributed by atoms with E-state index in [1.807, 2.05) is 54.2 Å². The number of likely N-dealkylation sites (tertiary alicyclic amines) is 1. The zero-order chi connectivity index (χ0) is 23.1. The van der Waals surface area contributed by atoms with Crippen molar-refractivity contribution in [3.8, 4) is 11.5 Å². The van der Waals surface area contributed by atoms with Crippen molar-refractivity contribution in [2.75, 3.05) is 26.3 Å². The van der Waals surface area contributed by atoms with Gasteiger partial charge in [-0.3, -0.25) is 9.58 Å². The number of piperidine rings is 1. The first-order valence-electron chi connectivity index (χ1n) is 11.5. The summed E-state index contributed by atoms with van der Waals surface area (Å²) < 4.78 is 13.6. The summed E-state index contributed by atoms with van der Waals surface area (Å²) in [6, 6.07) is 15.9. The summed E-state index contributed by atoms with van der Waals surface area (Å²) in [7, 11) is 0. The zero-order valence-electron chi connectivity index (χ0n) is 19.1. The second-order valence-electron chi connectivity index (χ2n) is 8.84. The molecule has 0 spiro atoms. The number of aliphatic hydroxyl groups is 1. The maximum atomic E-state index is 11.0. The molecule has 1 N–H and O–H groups in total. The molecule has 1 fully saturated rings. The van der Waals surface area contributed by atoms with Crippen LogP contribution in [-0.4, -0.2) is 51.7 Å². The SMILES string of the molecule is Cc1ccc(Cl)c(OCC2(O)CCN(Cc3ccc(OCCCn4cccn4)cc3)CC2)c1. The second kappa shape index (κ2) is 11.1. The number of hydrogen-bond acceptors (Lipinski definition) is 5. The van der Waals surface area contributed by atoms with Crippen molar-refractivity contribution in [2.24, 2.45) is 0 Å². The van der Waals surface area contributed by atoms with Crippen molar-refractivity contribution in [1.29, 1.82) is 0 Å². The molecule has 0 atom stereocenters. The minimum Gasteiger partial charge on any atom is -0.494 e. The molecule has 0 bridgehead atoms. The third-order valence-electron chi connectivity index (χ3n) is 6.06. The van der Waals surface area contributed by atoms with Gasteiger partial charge in [0.1, 0.15) is 23.7 Å². The van der Waals surface area contributed by atoms with E-state index in [9.17, 15) is 5.11 Å². The van der Waals surface area contributed by atoms with Gasteiger partial charge >= 0.3 is 0 Å². The van der Waals surface area contributed by atoms with Gasteiger partial charge in [0.15, 0.2) is 0 Å². The Balaban J connectivity index is 1.18. The molecule has 3 aromatic rings. The molecule has 0 aliphatic carbocycles. The van der Waals surface area contributed by atoms with E-state index < -0.39 is 5.60 Å². The molecule has 6 nitrogen and oxygen atoms in total. The number of halogens is 1. The molecule has 2 aromatic carbocycles. The normalized spacial score (nSPS) is 16.0. The number of nitrogens with zero attached hydrogens (tertiary/aromatic N) is 3. The molecule has 176 valence electrons. The van der Waals surface area contributed by atoms with Gasteiger partial charge in [0.25, 0.3) is 0 Å². The van der Waals surface area contributed by atoms with E-state index in [4.69, 9.17) is 21.1 Å². The van der Waals surface area contributed by atoms with Gasteiger partial charge in [-0.1, -0.05) is 29.8 Å². The summed E-state index contributed by atoms with van der Waals surface area (Å²) in [6.45, 7) is 6.30. The third-order valence-corrected chi connectivity index (χ3v) is 6.37.